The van der Waals surface area contributed by atoms with Crippen LogP contribution >= 0.6 is 0 Å². The molecule has 2 unspecified atom stereocenters. The number of rotatable bonds is 4. The summed E-state index contributed by atoms with van der Waals surface area (Å²) in [5.41, 5.74) is 5.66. The van der Waals surface area contributed by atoms with Crippen molar-refractivity contribution in [2.75, 3.05) is 19.6 Å². The Morgan fingerprint density at radius 2 is 2.24 bits per heavy atom. The zero-order valence-corrected chi connectivity index (χ0v) is 10.5. The number of carbonyl (C=O) groups is 2. The van der Waals surface area contributed by atoms with Gasteiger partial charge in [0.05, 0.1) is 6.04 Å². The van der Waals surface area contributed by atoms with Crippen LogP contribution in [0.4, 0.5) is 4.79 Å². The van der Waals surface area contributed by atoms with Crippen molar-refractivity contribution in [1.82, 2.24) is 15.5 Å². The van der Waals surface area contributed by atoms with Gasteiger partial charge in [-0.05, 0) is 33.2 Å². The number of imide groups is 1. The minimum absolute atomic E-state index is 0.255. The lowest BCUT2D eigenvalue weighted by Crippen LogP contribution is -2.52. The molecule has 0 aromatic rings. The van der Waals surface area contributed by atoms with Crippen LogP contribution in [0, 0.1) is 0 Å². The van der Waals surface area contributed by atoms with Crippen molar-refractivity contribution in [3.63, 3.8) is 0 Å². The van der Waals surface area contributed by atoms with E-state index >= 15 is 0 Å². The molecule has 0 bridgehead atoms. The van der Waals surface area contributed by atoms with Gasteiger partial charge in [-0.2, -0.15) is 0 Å². The van der Waals surface area contributed by atoms with E-state index < -0.39 is 6.03 Å². The third-order valence-electron chi connectivity index (χ3n) is 3.15. The molecule has 3 amide bonds. The first-order chi connectivity index (χ1) is 8.10. The zero-order chi connectivity index (χ0) is 12.8. The van der Waals surface area contributed by atoms with E-state index in [0.717, 1.165) is 19.4 Å². The minimum atomic E-state index is -0.437. The Bertz CT molecular complexity index is 283. The van der Waals surface area contributed by atoms with Crippen LogP contribution in [0.1, 0.15) is 26.7 Å². The van der Waals surface area contributed by atoms with Crippen LogP contribution in [0.2, 0.25) is 0 Å². The molecular weight excluding hydrogens is 220 g/mol. The molecular formula is C11H22N4O2. The number of carbonyl (C=O) groups excluding carboxylic acids is 2. The first kappa shape index (κ1) is 13.9. The Kier molecular flexibility index (Phi) is 5.37. The lowest BCUT2D eigenvalue weighted by atomic mass is 10.2. The number of hydrogen-bond donors (Lipinski definition) is 3. The molecule has 6 heteroatoms. The molecule has 0 aromatic carbocycles. The number of hydrogen-bond acceptors (Lipinski definition) is 4. The van der Waals surface area contributed by atoms with Crippen LogP contribution in [0.3, 0.4) is 0 Å². The van der Waals surface area contributed by atoms with Crippen LogP contribution in [-0.2, 0) is 4.79 Å². The van der Waals surface area contributed by atoms with Crippen LogP contribution in [0.15, 0.2) is 0 Å². The second-order valence-electron chi connectivity index (χ2n) is 4.29. The molecule has 0 radical (unpaired) electrons. The lowest BCUT2D eigenvalue weighted by molar-refractivity contribution is -0.125. The average Bonchev–Trinajstić information content (AvgIpc) is 2.76. The largest absolute Gasteiger partial charge is 0.338 e. The van der Waals surface area contributed by atoms with Gasteiger partial charge in [-0.1, -0.05) is 0 Å². The molecule has 1 fully saturated rings. The maximum absolute atomic E-state index is 11.8. The summed E-state index contributed by atoms with van der Waals surface area (Å²) in [6.45, 7) is 5.54. The molecule has 1 heterocycles. The van der Waals surface area contributed by atoms with Gasteiger partial charge >= 0.3 is 6.03 Å². The Morgan fingerprint density at radius 1 is 1.53 bits per heavy atom. The Morgan fingerprint density at radius 3 is 2.82 bits per heavy atom. The second kappa shape index (κ2) is 6.56. The molecule has 1 aliphatic heterocycles. The van der Waals surface area contributed by atoms with E-state index in [4.69, 9.17) is 5.73 Å². The highest BCUT2D eigenvalue weighted by atomic mass is 16.2. The van der Waals surface area contributed by atoms with Gasteiger partial charge in [-0.3, -0.25) is 15.0 Å². The fraction of sp³-hybridized carbons (Fsp3) is 0.818. The molecule has 1 saturated heterocycles. The van der Waals surface area contributed by atoms with Crippen LogP contribution in [0.5, 0.6) is 0 Å². The topological polar surface area (TPSA) is 87.5 Å². The van der Waals surface area contributed by atoms with Crippen molar-refractivity contribution in [2.24, 2.45) is 5.73 Å². The van der Waals surface area contributed by atoms with Crippen LogP contribution in [-0.4, -0.2) is 48.6 Å². The van der Waals surface area contributed by atoms with E-state index in [2.05, 4.69) is 15.5 Å². The van der Waals surface area contributed by atoms with Gasteiger partial charge in [0.25, 0.3) is 0 Å². The van der Waals surface area contributed by atoms with Crippen molar-refractivity contribution < 1.29 is 9.59 Å². The summed E-state index contributed by atoms with van der Waals surface area (Å²) in [6.07, 6.45) is 2.08. The average molecular weight is 242 g/mol. The fourth-order valence-electron chi connectivity index (χ4n) is 2.19. The van der Waals surface area contributed by atoms with E-state index in [1.165, 1.54) is 0 Å². The van der Waals surface area contributed by atoms with E-state index in [0.29, 0.717) is 13.1 Å². The van der Waals surface area contributed by atoms with E-state index in [1.807, 2.05) is 6.92 Å². The summed E-state index contributed by atoms with van der Waals surface area (Å²) in [5, 5.41) is 4.86. The molecule has 0 spiro atoms. The first-order valence-corrected chi connectivity index (χ1v) is 6.14. The molecule has 0 saturated carbocycles. The molecule has 17 heavy (non-hydrogen) atoms. The maximum atomic E-state index is 11.8. The second-order valence-corrected chi connectivity index (χ2v) is 4.29. The molecule has 4 N–H and O–H groups in total. The molecule has 1 aliphatic rings. The predicted molar refractivity (Wildman–Crippen MR) is 65.5 cm³/mol. The smallest absolute Gasteiger partial charge is 0.321 e. The van der Waals surface area contributed by atoms with Gasteiger partial charge in [-0.15, -0.1) is 0 Å². The number of urea groups is 1. The minimum Gasteiger partial charge on any atom is -0.338 e. The Labute approximate surface area is 102 Å². The van der Waals surface area contributed by atoms with E-state index in [1.54, 1.807) is 6.92 Å². The standard InChI is InChI=1S/C11H22N4O2/c1-3-13-11(17)14-10(16)8(2)15-6-4-5-9(15)7-12/h8-9H,3-7,12H2,1-2H3,(H2,13,14,16,17). The van der Waals surface area contributed by atoms with Crippen molar-refractivity contribution >= 4 is 11.9 Å². The number of likely N-dealkylation sites (tertiary alicyclic amines) is 1. The highest BCUT2D eigenvalue weighted by Crippen LogP contribution is 2.19. The van der Waals surface area contributed by atoms with Gasteiger partial charge in [0.1, 0.15) is 0 Å². The van der Waals surface area contributed by atoms with Crippen molar-refractivity contribution in [3.05, 3.63) is 0 Å². The summed E-state index contributed by atoms with van der Waals surface area (Å²) in [6, 6.07) is -0.494. The third-order valence-corrected chi connectivity index (χ3v) is 3.15. The Balaban J connectivity index is 2.48. The summed E-state index contributed by atoms with van der Waals surface area (Å²) in [7, 11) is 0. The number of nitrogens with one attached hydrogen (secondary N) is 2. The zero-order valence-electron chi connectivity index (χ0n) is 10.5. The third kappa shape index (κ3) is 3.67. The molecule has 2 atom stereocenters. The van der Waals surface area contributed by atoms with Crippen LogP contribution < -0.4 is 16.4 Å². The highest BCUT2D eigenvalue weighted by Gasteiger charge is 2.31. The first-order valence-electron chi connectivity index (χ1n) is 6.14. The van der Waals surface area contributed by atoms with Gasteiger partial charge in [0, 0.05) is 19.1 Å². The monoisotopic (exact) mass is 242 g/mol. The molecule has 0 aliphatic carbocycles. The Hall–Kier alpha value is -1.14. The molecule has 6 nitrogen and oxygen atoms in total. The molecule has 0 aromatic heterocycles. The van der Waals surface area contributed by atoms with E-state index in [-0.39, 0.29) is 18.0 Å². The summed E-state index contributed by atoms with van der Waals surface area (Å²) in [4.78, 5) is 25.1. The normalized spacial score (nSPS) is 22.2. The fourth-order valence-corrected chi connectivity index (χ4v) is 2.19. The predicted octanol–water partition coefficient (Wildman–Crippen LogP) is -0.356. The van der Waals surface area contributed by atoms with Gasteiger partial charge in [0.2, 0.25) is 5.91 Å². The number of nitrogens with zero attached hydrogens (tertiary/aromatic N) is 1. The number of amides is 3. The quantitative estimate of drug-likeness (QED) is 0.628. The summed E-state index contributed by atoms with van der Waals surface area (Å²) in [5.74, 6) is -0.267. The molecule has 98 valence electrons. The lowest BCUT2D eigenvalue weighted by Gasteiger charge is -2.28. The summed E-state index contributed by atoms with van der Waals surface area (Å²) >= 11 is 0. The maximum Gasteiger partial charge on any atom is 0.321 e. The van der Waals surface area contributed by atoms with Gasteiger partial charge < -0.3 is 11.1 Å². The van der Waals surface area contributed by atoms with Crippen molar-refractivity contribution in [1.29, 1.82) is 0 Å². The van der Waals surface area contributed by atoms with Gasteiger partial charge in [0.15, 0.2) is 0 Å². The highest BCUT2D eigenvalue weighted by molar-refractivity contribution is 5.96. The van der Waals surface area contributed by atoms with Gasteiger partial charge in [-0.25, -0.2) is 4.79 Å². The number of nitrogens with two attached hydrogens (primary N) is 1. The molecule has 1 rings (SSSR count). The summed E-state index contributed by atoms with van der Waals surface area (Å²) < 4.78 is 0. The van der Waals surface area contributed by atoms with Crippen molar-refractivity contribution in [3.8, 4) is 0 Å². The van der Waals surface area contributed by atoms with Crippen LogP contribution in [0.25, 0.3) is 0 Å². The van der Waals surface area contributed by atoms with E-state index in [9.17, 15) is 9.59 Å². The van der Waals surface area contributed by atoms with Crippen molar-refractivity contribution in [2.45, 2.75) is 38.8 Å². The SMILES string of the molecule is CCNC(=O)NC(=O)C(C)N1CCCC1CN.